The summed E-state index contributed by atoms with van der Waals surface area (Å²) in [6.07, 6.45) is -2.26. The Kier molecular flexibility index (Phi) is 18.9. The number of aromatic nitrogens is 1. The lowest BCUT2D eigenvalue weighted by atomic mass is 10.0. The van der Waals surface area contributed by atoms with E-state index in [9.17, 15) is 64.2 Å². The van der Waals surface area contributed by atoms with Gasteiger partial charge in [-0.2, -0.15) is 0 Å². The van der Waals surface area contributed by atoms with E-state index in [0.29, 0.717) is 22.3 Å². The first-order chi connectivity index (χ1) is 33.3. The lowest BCUT2D eigenvalue weighted by molar-refractivity contribution is -0.142. The number of aromatic amines is 1. The van der Waals surface area contributed by atoms with Crippen molar-refractivity contribution in [1.82, 2.24) is 36.9 Å². The fourth-order valence-electron chi connectivity index (χ4n) is 7.42. The van der Waals surface area contributed by atoms with Gasteiger partial charge in [0.2, 0.25) is 35.4 Å². The van der Waals surface area contributed by atoms with E-state index in [0.717, 1.165) is 24.8 Å². The molecule has 0 fully saturated rings. The number of nitrogens with two attached hydrogens (primary N) is 1. The van der Waals surface area contributed by atoms with E-state index >= 15 is 0 Å². The Labute approximate surface area is 401 Å². The second-order valence-electron chi connectivity index (χ2n) is 16.8. The molecule has 0 radical (unpaired) electrons. The molecule has 0 saturated heterocycles. The number of hydrogen-bond acceptors (Lipinski definition) is 13. The molecule has 0 unspecified atom stereocenters. The van der Waals surface area contributed by atoms with Crippen LogP contribution in [0.15, 0.2) is 109 Å². The molecule has 5 aromatic rings. The van der Waals surface area contributed by atoms with Crippen LogP contribution in [0.1, 0.15) is 36.1 Å². The predicted octanol–water partition coefficient (Wildman–Crippen LogP) is -1.08. The molecule has 0 aliphatic rings. The molecule has 0 saturated carbocycles. The number of rotatable bonds is 24. The van der Waals surface area contributed by atoms with Crippen molar-refractivity contribution in [2.75, 3.05) is 6.61 Å². The van der Waals surface area contributed by atoms with Gasteiger partial charge in [0, 0.05) is 36.4 Å². The Hall–Kier alpha value is -7.85. The van der Waals surface area contributed by atoms with Crippen LogP contribution in [0.2, 0.25) is 0 Å². The average molecular weight is 967 g/mol. The summed E-state index contributed by atoms with van der Waals surface area (Å²) in [7, 11) is 0. The predicted molar refractivity (Wildman–Crippen MR) is 253 cm³/mol. The number of hydrogen-bond donors (Lipinski definition) is 14. The van der Waals surface area contributed by atoms with Gasteiger partial charge in [0.25, 0.3) is 0 Å². The molecule has 0 bridgehead atoms. The third-order valence-corrected chi connectivity index (χ3v) is 11.3. The lowest BCUT2D eigenvalue weighted by Gasteiger charge is -2.29. The minimum atomic E-state index is -1.84. The number of carbonyl (C=O) groups excluding carboxylic acids is 6. The second-order valence-corrected chi connectivity index (χ2v) is 16.8. The van der Waals surface area contributed by atoms with Crippen LogP contribution in [0.3, 0.4) is 0 Å². The highest BCUT2D eigenvalue weighted by Gasteiger charge is 2.37. The van der Waals surface area contributed by atoms with E-state index in [4.69, 9.17) is 5.73 Å². The van der Waals surface area contributed by atoms with Gasteiger partial charge in [0.15, 0.2) is 0 Å². The molecular weight excluding hydrogens is 909 g/mol. The Morgan fingerprint density at radius 2 is 0.943 bits per heavy atom. The number of phenols is 2. The monoisotopic (exact) mass is 966 g/mol. The molecule has 15 N–H and O–H groups in total. The summed E-state index contributed by atoms with van der Waals surface area (Å²) in [6, 6.07) is 16.1. The average Bonchev–Trinajstić information content (AvgIpc) is 3.74. The van der Waals surface area contributed by atoms with Crippen LogP contribution in [0, 0.1) is 0 Å². The van der Waals surface area contributed by atoms with Crippen molar-refractivity contribution < 1.29 is 64.2 Å². The van der Waals surface area contributed by atoms with Gasteiger partial charge in [0.05, 0.1) is 24.9 Å². The van der Waals surface area contributed by atoms with Crippen LogP contribution in [-0.2, 0) is 59.2 Å². The Balaban J connectivity index is 1.30. The van der Waals surface area contributed by atoms with Crippen LogP contribution in [0.5, 0.6) is 11.5 Å². The van der Waals surface area contributed by atoms with Crippen LogP contribution in [0.25, 0.3) is 10.9 Å². The maximum absolute atomic E-state index is 14.0. The molecule has 372 valence electrons. The quantitative estimate of drug-likeness (QED) is 0.0350. The van der Waals surface area contributed by atoms with Crippen molar-refractivity contribution in [3.05, 3.63) is 132 Å². The number of para-hydroxylation sites is 1. The summed E-state index contributed by atoms with van der Waals surface area (Å²) in [6.45, 7) is 1.39. The Morgan fingerprint density at radius 1 is 0.514 bits per heavy atom. The highest BCUT2D eigenvalue weighted by molar-refractivity contribution is 5.98. The summed E-state index contributed by atoms with van der Waals surface area (Å²) in [5, 5.41) is 76.5. The van der Waals surface area contributed by atoms with Crippen molar-refractivity contribution in [3.8, 4) is 11.5 Å². The Bertz CT molecular complexity index is 2590. The first-order valence-corrected chi connectivity index (χ1v) is 22.3. The fourth-order valence-corrected chi connectivity index (χ4v) is 7.42. The van der Waals surface area contributed by atoms with Crippen molar-refractivity contribution in [2.45, 2.75) is 94.0 Å². The molecule has 6 amide bonds. The molecule has 1 aromatic heterocycles. The Morgan fingerprint density at radius 3 is 1.49 bits per heavy atom. The number of H-pyrrole nitrogens is 1. The number of benzene rings is 4. The largest absolute Gasteiger partial charge is 0.508 e. The maximum Gasteiger partial charge on any atom is 0.326 e. The molecule has 21 nitrogen and oxygen atoms in total. The van der Waals surface area contributed by atoms with Gasteiger partial charge in [-0.3, -0.25) is 28.8 Å². The van der Waals surface area contributed by atoms with Crippen molar-refractivity contribution >= 4 is 52.3 Å². The van der Waals surface area contributed by atoms with E-state index < -0.39 is 103 Å². The number of aromatic hydroxyl groups is 2. The molecule has 5 rings (SSSR count). The highest BCUT2D eigenvalue weighted by Crippen LogP contribution is 2.20. The molecule has 4 aromatic carbocycles. The van der Waals surface area contributed by atoms with Crippen molar-refractivity contribution in [1.29, 1.82) is 0 Å². The van der Waals surface area contributed by atoms with Crippen LogP contribution >= 0.6 is 0 Å². The van der Waals surface area contributed by atoms with Crippen molar-refractivity contribution in [2.24, 2.45) is 5.73 Å². The van der Waals surface area contributed by atoms with Crippen molar-refractivity contribution in [3.63, 3.8) is 0 Å². The van der Waals surface area contributed by atoms with E-state index in [-0.39, 0.29) is 37.2 Å². The second kappa shape index (κ2) is 25.0. The van der Waals surface area contributed by atoms with Gasteiger partial charge in [0.1, 0.15) is 47.8 Å². The zero-order valence-corrected chi connectivity index (χ0v) is 38.2. The number of fused-ring (bicyclic) bond motifs is 1. The SMILES string of the molecule is C[C@@H](O)[C@H](NC(=O)[C@H](Cc1ccccc1)NC(=O)[C@H](CO)NC(=O)[C@@H](N)Cc1ccc(O)cc1)C(=O)N[C@H](C(=O)N[C@@H](Cc1ccc(O)cc1)C(=O)N[C@@H](Cc1c[nH]c2ccccc12)C(=O)O)[C@@H](C)O. The molecule has 70 heavy (non-hydrogen) atoms. The maximum atomic E-state index is 14.0. The van der Waals surface area contributed by atoms with Gasteiger partial charge in [-0.15, -0.1) is 0 Å². The smallest absolute Gasteiger partial charge is 0.326 e. The standard InChI is InChI=1S/C49H58N8O13/c1-26(59)41(47(67)53-37(22-30-14-18-33(62)19-15-30)44(64)54-39(49(69)70)23-31-24-51-36-11-7-6-10-34(31)36)57-48(68)42(27(2)60)56-45(65)38(21-28-8-4-3-5-9-28)52-46(66)40(25-58)55-43(63)35(50)20-29-12-16-32(61)17-13-29/h3-19,24,26-27,35,37-42,51,58-62H,20-23,25,50H2,1-2H3,(H,52,66)(H,53,67)(H,54,64)(H,55,63)(H,56,65)(H,57,68)(H,69,70)/t26-,27-,35+,37+,38+,39+,40+,41+,42+/m1/s1. The minimum absolute atomic E-state index is 0.00355. The number of aliphatic hydroxyl groups is 3. The summed E-state index contributed by atoms with van der Waals surface area (Å²) in [5.41, 5.74) is 8.96. The zero-order valence-electron chi connectivity index (χ0n) is 38.2. The number of carbonyl (C=O) groups is 7. The van der Waals surface area contributed by atoms with Gasteiger partial charge in [-0.1, -0.05) is 72.8 Å². The summed E-state index contributed by atoms with van der Waals surface area (Å²) in [4.78, 5) is 97.9. The molecule has 1 heterocycles. The number of carboxylic acid groups (broad SMARTS) is 1. The summed E-state index contributed by atoms with van der Waals surface area (Å²) < 4.78 is 0. The number of aliphatic hydroxyl groups excluding tert-OH is 3. The summed E-state index contributed by atoms with van der Waals surface area (Å²) >= 11 is 0. The van der Waals surface area contributed by atoms with Crippen LogP contribution in [-0.4, -0.2) is 138 Å². The third-order valence-electron chi connectivity index (χ3n) is 11.3. The normalized spacial score (nSPS) is 15.1. The minimum Gasteiger partial charge on any atom is -0.508 e. The van der Waals surface area contributed by atoms with Gasteiger partial charge < -0.3 is 73.3 Å². The molecule has 0 spiro atoms. The lowest BCUT2D eigenvalue weighted by Crippen LogP contribution is -2.63. The molecule has 21 heteroatoms. The van der Waals surface area contributed by atoms with Crippen LogP contribution in [0.4, 0.5) is 0 Å². The molecule has 0 aliphatic heterocycles. The number of aliphatic carboxylic acids is 1. The number of amides is 6. The van der Waals surface area contributed by atoms with Gasteiger partial charge in [-0.05, 0) is 72.9 Å². The first kappa shape index (κ1) is 53.1. The third kappa shape index (κ3) is 15.1. The summed E-state index contributed by atoms with van der Waals surface area (Å²) in [5.74, 6) is -7.54. The number of nitrogens with one attached hydrogen (secondary N) is 7. The number of phenolic OH excluding ortho intramolecular Hbond substituents is 2. The van der Waals surface area contributed by atoms with E-state index in [1.165, 1.54) is 36.4 Å². The zero-order chi connectivity index (χ0) is 51.1. The topological polar surface area (TPSA) is 355 Å². The van der Waals surface area contributed by atoms with E-state index in [1.807, 2.05) is 0 Å². The van der Waals surface area contributed by atoms with E-state index in [2.05, 4.69) is 36.9 Å². The first-order valence-electron chi connectivity index (χ1n) is 22.3. The van der Waals surface area contributed by atoms with Gasteiger partial charge in [-0.25, -0.2) is 4.79 Å². The molecule has 0 aliphatic carbocycles. The number of carboxylic acids is 1. The van der Waals surface area contributed by atoms with E-state index in [1.54, 1.807) is 72.9 Å². The molecule has 9 atom stereocenters. The fraction of sp³-hybridized carbons (Fsp3) is 0.327. The highest BCUT2D eigenvalue weighted by atomic mass is 16.4. The van der Waals surface area contributed by atoms with Gasteiger partial charge >= 0.3 is 5.97 Å². The van der Waals surface area contributed by atoms with Crippen LogP contribution < -0.4 is 37.6 Å². The molecular formula is C49H58N8O13.